The maximum Gasteiger partial charge on any atom is 0.416 e. The number of nitrogens with one attached hydrogen (secondary N) is 1. The van der Waals surface area contributed by atoms with E-state index in [2.05, 4.69) is 15.4 Å². The van der Waals surface area contributed by atoms with Crippen LogP contribution in [0.5, 0.6) is 5.75 Å². The molecule has 0 aliphatic carbocycles. The fourth-order valence-electron chi connectivity index (χ4n) is 2.29. The van der Waals surface area contributed by atoms with E-state index in [0.29, 0.717) is 0 Å². The second kappa shape index (κ2) is 7.03. The molecule has 0 amide bonds. The number of rotatable bonds is 4. The van der Waals surface area contributed by atoms with Crippen LogP contribution in [-0.2, 0) is 12.8 Å². The highest BCUT2D eigenvalue weighted by atomic mass is 19.4. The molecule has 1 aromatic heterocycles. The van der Waals surface area contributed by atoms with Crippen molar-refractivity contribution in [1.29, 1.82) is 5.26 Å². The number of ether oxygens (including phenoxy) is 1. The third-order valence-corrected chi connectivity index (χ3v) is 3.56. The number of hydrogen-bond donors (Lipinski definition) is 1. The van der Waals surface area contributed by atoms with Crippen molar-refractivity contribution in [2.75, 3.05) is 0 Å². The first kappa shape index (κ1) is 18.3. The summed E-state index contributed by atoms with van der Waals surface area (Å²) in [6, 6.07) is 7.57. The molecule has 0 aliphatic rings. The number of benzene rings is 2. The summed E-state index contributed by atoms with van der Waals surface area (Å²) in [4.78, 5) is 0. The zero-order chi connectivity index (χ0) is 19.6. The molecule has 0 radical (unpaired) electrons. The van der Waals surface area contributed by atoms with Crippen LogP contribution in [0, 0.1) is 23.0 Å². The van der Waals surface area contributed by atoms with Gasteiger partial charge in [-0.2, -0.15) is 18.4 Å². The van der Waals surface area contributed by atoms with E-state index in [1.807, 2.05) is 0 Å². The molecular formula is C17H9F5N4O. The topological polar surface area (TPSA) is 74.6 Å². The van der Waals surface area contributed by atoms with Crippen molar-refractivity contribution in [2.24, 2.45) is 0 Å². The Hall–Kier alpha value is -3.48. The van der Waals surface area contributed by atoms with Crippen LogP contribution < -0.4 is 4.74 Å². The summed E-state index contributed by atoms with van der Waals surface area (Å²) in [5.41, 5.74) is -1.00. The predicted octanol–water partition coefficient (Wildman–Crippen LogP) is 4.22. The van der Waals surface area contributed by atoms with E-state index >= 15 is 0 Å². The van der Waals surface area contributed by atoms with Gasteiger partial charge in [0.25, 0.3) is 0 Å². The van der Waals surface area contributed by atoms with Crippen molar-refractivity contribution < 1.29 is 26.7 Å². The molecule has 5 nitrogen and oxygen atoms in total. The standard InChI is InChI=1S/C17H9F5N4O/c18-13-2-1-9(3-14(13)19)8-27-12-5-10(4-11(6-12)17(20,21)22)16-15(7-23)24-26-25-16/h1-6H,8H2,(H,24,25,26). The molecule has 0 saturated carbocycles. The number of aromatic nitrogens is 3. The van der Waals surface area contributed by atoms with Gasteiger partial charge in [0.2, 0.25) is 0 Å². The van der Waals surface area contributed by atoms with E-state index in [-0.39, 0.29) is 34.9 Å². The number of halogens is 5. The van der Waals surface area contributed by atoms with Crippen molar-refractivity contribution in [3.05, 3.63) is 64.9 Å². The first-order chi connectivity index (χ1) is 12.8. The summed E-state index contributed by atoms with van der Waals surface area (Å²) in [5.74, 6) is -2.33. The number of nitriles is 1. The zero-order valence-electron chi connectivity index (χ0n) is 13.3. The normalized spacial score (nSPS) is 11.3. The average Bonchev–Trinajstić information content (AvgIpc) is 3.10. The minimum absolute atomic E-state index is 0.0320. The van der Waals surface area contributed by atoms with Gasteiger partial charge in [0.1, 0.15) is 24.1 Å². The lowest BCUT2D eigenvalue weighted by Crippen LogP contribution is -2.06. The number of nitrogens with zero attached hydrogens (tertiary/aromatic N) is 3. The van der Waals surface area contributed by atoms with Crippen LogP contribution in [0.4, 0.5) is 22.0 Å². The van der Waals surface area contributed by atoms with Gasteiger partial charge in [-0.1, -0.05) is 11.3 Å². The van der Waals surface area contributed by atoms with Gasteiger partial charge < -0.3 is 4.74 Å². The van der Waals surface area contributed by atoms with E-state index < -0.39 is 23.4 Å². The van der Waals surface area contributed by atoms with E-state index in [1.165, 1.54) is 12.1 Å². The Labute approximate surface area is 149 Å². The van der Waals surface area contributed by atoms with Crippen molar-refractivity contribution in [3.8, 4) is 23.1 Å². The fraction of sp³-hybridized carbons (Fsp3) is 0.118. The van der Waals surface area contributed by atoms with E-state index in [9.17, 15) is 22.0 Å². The average molecular weight is 380 g/mol. The van der Waals surface area contributed by atoms with Crippen molar-refractivity contribution in [1.82, 2.24) is 15.4 Å². The molecule has 27 heavy (non-hydrogen) atoms. The lowest BCUT2D eigenvalue weighted by Gasteiger charge is -2.13. The summed E-state index contributed by atoms with van der Waals surface area (Å²) < 4.78 is 71.0. The van der Waals surface area contributed by atoms with Crippen LogP contribution >= 0.6 is 0 Å². The SMILES string of the molecule is N#Cc1[nH]nnc1-c1cc(OCc2ccc(F)c(F)c2)cc(C(F)(F)F)c1. The fourth-order valence-corrected chi connectivity index (χ4v) is 2.29. The molecule has 3 rings (SSSR count). The highest BCUT2D eigenvalue weighted by Gasteiger charge is 2.32. The van der Waals surface area contributed by atoms with Gasteiger partial charge in [-0.25, -0.2) is 13.9 Å². The van der Waals surface area contributed by atoms with Gasteiger partial charge in [0, 0.05) is 5.56 Å². The molecule has 0 aliphatic heterocycles. The molecule has 2 aromatic carbocycles. The maximum atomic E-state index is 13.2. The lowest BCUT2D eigenvalue weighted by molar-refractivity contribution is -0.137. The second-order valence-corrected chi connectivity index (χ2v) is 5.43. The quantitative estimate of drug-likeness (QED) is 0.688. The summed E-state index contributed by atoms with van der Waals surface area (Å²) in [5, 5.41) is 18.3. The van der Waals surface area contributed by atoms with Gasteiger partial charge >= 0.3 is 6.18 Å². The van der Waals surface area contributed by atoms with Crippen LogP contribution in [0.15, 0.2) is 36.4 Å². The first-order valence-electron chi connectivity index (χ1n) is 7.38. The number of H-pyrrole nitrogens is 1. The third-order valence-electron chi connectivity index (χ3n) is 3.56. The smallest absolute Gasteiger partial charge is 0.416 e. The van der Waals surface area contributed by atoms with Crippen molar-refractivity contribution in [2.45, 2.75) is 12.8 Å². The molecule has 1 N–H and O–H groups in total. The van der Waals surface area contributed by atoms with Gasteiger partial charge in [-0.3, -0.25) is 0 Å². The number of hydrogen-bond acceptors (Lipinski definition) is 4. The summed E-state index contributed by atoms with van der Waals surface area (Å²) >= 11 is 0. The first-order valence-corrected chi connectivity index (χ1v) is 7.38. The maximum absolute atomic E-state index is 13.2. The minimum atomic E-state index is -4.67. The molecule has 3 aromatic rings. The summed E-state index contributed by atoms with van der Waals surface area (Å²) in [6.45, 7) is -0.290. The third kappa shape index (κ3) is 4.03. The number of alkyl halides is 3. The monoisotopic (exact) mass is 380 g/mol. The largest absolute Gasteiger partial charge is 0.489 e. The van der Waals surface area contributed by atoms with E-state index in [1.54, 1.807) is 6.07 Å². The minimum Gasteiger partial charge on any atom is -0.489 e. The van der Waals surface area contributed by atoms with E-state index in [4.69, 9.17) is 10.00 Å². The van der Waals surface area contributed by atoms with Gasteiger partial charge in [0.15, 0.2) is 17.3 Å². The van der Waals surface area contributed by atoms with Crippen LogP contribution in [-0.4, -0.2) is 15.4 Å². The molecule has 0 bridgehead atoms. The molecule has 0 atom stereocenters. The van der Waals surface area contributed by atoms with Crippen molar-refractivity contribution in [3.63, 3.8) is 0 Å². The van der Waals surface area contributed by atoms with Crippen LogP contribution in [0.1, 0.15) is 16.8 Å². The second-order valence-electron chi connectivity index (χ2n) is 5.43. The Kier molecular flexibility index (Phi) is 4.77. The Bertz CT molecular complexity index is 1020. The molecular weight excluding hydrogens is 371 g/mol. The number of aromatic amines is 1. The predicted molar refractivity (Wildman–Crippen MR) is 82.2 cm³/mol. The molecule has 1 heterocycles. The summed E-state index contributed by atoms with van der Waals surface area (Å²) in [6.07, 6.45) is -4.67. The van der Waals surface area contributed by atoms with Crippen LogP contribution in [0.2, 0.25) is 0 Å². The molecule has 0 fully saturated rings. The van der Waals surface area contributed by atoms with Gasteiger partial charge in [0.05, 0.1) is 5.56 Å². The molecule has 0 spiro atoms. The Morgan fingerprint density at radius 3 is 2.52 bits per heavy atom. The Morgan fingerprint density at radius 2 is 1.85 bits per heavy atom. The Balaban J connectivity index is 1.95. The van der Waals surface area contributed by atoms with Gasteiger partial charge in [-0.05, 0) is 35.9 Å². The highest BCUT2D eigenvalue weighted by molar-refractivity contribution is 5.67. The lowest BCUT2D eigenvalue weighted by atomic mass is 10.1. The Morgan fingerprint density at radius 1 is 1.07 bits per heavy atom. The van der Waals surface area contributed by atoms with Crippen LogP contribution in [0.25, 0.3) is 11.3 Å². The molecule has 0 unspecified atom stereocenters. The molecule has 138 valence electrons. The zero-order valence-corrected chi connectivity index (χ0v) is 13.3. The molecule has 0 saturated heterocycles. The van der Waals surface area contributed by atoms with E-state index in [0.717, 1.165) is 24.3 Å². The van der Waals surface area contributed by atoms with Gasteiger partial charge in [-0.15, -0.1) is 5.10 Å². The van der Waals surface area contributed by atoms with Crippen molar-refractivity contribution >= 4 is 0 Å². The van der Waals surface area contributed by atoms with Crippen LogP contribution in [0.3, 0.4) is 0 Å². The molecule has 10 heteroatoms. The summed E-state index contributed by atoms with van der Waals surface area (Å²) in [7, 11) is 0. The highest BCUT2D eigenvalue weighted by Crippen LogP contribution is 2.36.